The predicted octanol–water partition coefficient (Wildman–Crippen LogP) is 3.23. The molecule has 0 bridgehead atoms. The van der Waals surface area contributed by atoms with Gasteiger partial charge in [-0.15, -0.1) is 6.42 Å². The number of hydrogen-bond acceptors (Lipinski definition) is 5. The third-order valence-electron chi connectivity index (χ3n) is 3.07. The highest BCUT2D eigenvalue weighted by molar-refractivity contribution is 7.16. The molecule has 3 aromatic rings. The van der Waals surface area contributed by atoms with E-state index in [-0.39, 0.29) is 12.3 Å². The summed E-state index contributed by atoms with van der Waals surface area (Å²) in [6.07, 6.45) is 5.38. The van der Waals surface area contributed by atoms with Crippen LogP contribution in [0.1, 0.15) is 10.6 Å². The van der Waals surface area contributed by atoms with Crippen LogP contribution in [0.4, 0.5) is 5.88 Å². The summed E-state index contributed by atoms with van der Waals surface area (Å²) in [5.74, 6) is 1.03. The van der Waals surface area contributed by atoms with Crippen molar-refractivity contribution in [2.75, 3.05) is 0 Å². The molecule has 0 unspecified atom stereocenters. The number of rotatable bonds is 3. The predicted molar refractivity (Wildman–Crippen MR) is 88.9 cm³/mol. The van der Waals surface area contributed by atoms with Gasteiger partial charge in [-0.3, -0.25) is 14.9 Å². The zero-order valence-electron chi connectivity index (χ0n) is 11.9. The Kier molecular flexibility index (Phi) is 4.20. The molecule has 0 atom stereocenters. The van der Waals surface area contributed by atoms with Gasteiger partial charge < -0.3 is 8.98 Å². The Hall–Kier alpha value is -2.89. The molecule has 0 fully saturated rings. The fraction of sp³-hybridized carbons (Fsp3) is 0.0667. The Morgan fingerprint density at radius 3 is 2.92 bits per heavy atom. The first-order chi connectivity index (χ1) is 11.5. The van der Waals surface area contributed by atoms with Crippen LogP contribution in [0.15, 0.2) is 39.7 Å². The Morgan fingerprint density at radius 2 is 2.25 bits per heavy atom. The van der Waals surface area contributed by atoms with Crippen molar-refractivity contribution in [1.82, 2.24) is 4.57 Å². The van der Waals surface area contributed by atoms with Gasteiger partial charge in [0.1, 0.15) is 4.92 Å². The topological polar surface area (TPSA) is 90.6 Å². The number of thiazole rings is 1. The molecule has 2 heterocycles. The molecule has 1 amide bonds. The molecule has 1 aromatic carbocycles. The van der Waals surface area contributed by atoms with Crippen LogP contribution in [0.3, 0.4) is 0 Å². The van der Waals surface area contributed by atoms with Crippen LogP contribution in [0.2, 0.25) is 5.02 Å². The molecule has 2 aromatic heterocycles. The third-order valence-corrected chi connectivity index (χ3v) is 4.35. The lowest BCUT2D eigenvalue weighted by molar-refractivity contribution is -0.402. The van der Waals surface area contributed by atoms with Crippen LogP contribution >= 0.6 is 22.9 Å². The van der Waals surface area contributed by atoms with E-state index < -0.39 is 16.7 Å². The van der Waals surface area contributed by atoms with Gasteiger partial charge >= 0.3 is 11.8 Å². The Bertz CT molecular complexity index is 1070. The SMILES string of the molecule is C#CCn1c(=NC(=O)c2ccc([N+](=O)[O-])o2)sc2cc(Cl)ccc21. The normalized spacial score (nSPS) is 11.6. The lowest BCUT2D eigenvalue weighted by atomic mass is 10.3. The molecule has 7 nitrogen and oxygen atoms in total. The molecule has 0 aliphatic carbocycles. The molecular weight excluding hydrogens is 354 g/mol. The number of carbonyl (C=O) groups excluding carboxylic acids is 1. The lowest BCUT2D eigenvalue weighted by Crippen LogP contribution is -2.16. The van der Waals surface area contributed by atoms with Gasteiger partial charge in [0.05, 0.1) is 22.8 Å². The molecule has 0 spiro atoms. The second-order valence-corrected chi connectivity index (χ2v) is 6.04. The van der Waals surface area contributed by atoms with E-state index in [9.17, 15) is 14.9 Å². The van der Waals surface area contributed by atoms with Crippen LogP contribution in [-0.2, 0) is 6.54 Å². The maximum atomic E-state index is 12.2. The summed E-state index contributed by atoms with van der Waals surface area (Å²) in [6, 6.07) is 7.55. The van der Waals surface area contributed by atoms with Gasteiger partial charge in [-0.2, -0.15) is 4.99 Å². The number of aromatic nitrogens is 1. The Balaban J connectivity index is 2.11. The number of terminal acetylenes is 1. The summed E-state index contributed by atoms with van der Waals surface area (Å²) in [5, 5.41) is 11.2. The summed E-state index contributed by atoms with van der Waals surface area (Å²) >= 11 is 7.21. The van der Waals surface area contributed by atoms with Crippen LogP contribution in [0.25, 0.3) is 10.2 Å². The molecule has 0 N–H and O–H groups in total. The van der Waals surface area contributed by atoms with E-state index >= 15 is 0 Å². The van der Waals surface area contributed by atoms with E-state index in [1.54, 1.807) is 22.8 Å². The van der Waals surface area contributed by atoms with Crippen LogP contribution < -0.4 is 4.80 Å². The lowest BCUT2D eigenvalue weighted by Gasteiger charge is -1.99. The molecule has 120 valence electrons. The number of amides is 1. The van der Waals surface area contributed by atoms with Gasteiger partial charge in [-0.1, -0.05) is 28.9 Å². The van der Waals surface area contributed by atoms with Crippen molar-refractivity contribution in [3.63, 3.8) is 0 Å². The second-order valence-electron chi connectivity index (χ2n) is 4.60. The molecule has 0 saturated heterocycles. The maximum absolute atomic E-state index is 12.2. The highest BCUT2D eigenvalue weighted by atomic mass is 35.5. The smallest absolute Gasteiger partial charge is 0.395 e. The number of benzene rings is 1. The number of carbonyl (C=O) groups is 1. The van der Waals surface area contributed by atoms with Gasteiger partial charge in [0.25, 0.3) is 0 Å². The maximum Gasteiger partial charge on any atom is 0.433 e. The summed E-state index contributed by atoms with van der Waals surface area (Å²) in [7, 11) is 0. The number of furan rings is 1. The largest absolute Gasteiger partial charge is 0.433 e. The number of nitrogens with zero attached hydrogens (tertiary/aromatic N) is 3. The van der Waals surface area contributed by atoms with Gasteiger partial charge in [0, 0.05) is 5.02 Å². The van der Waals surface area contributed by atoms with Gasteiger partial charge in [-0.25, -0.2) is 0 Å². The Morgan fingerprint density at radius 1 is 1.46 bits per heavy atom. The fourth-order valence-electron chi connectivity index (χ4n) is 2.06. The van der Waals surface area contributed by atoms with E-state index in [0.29, 0.717) is 9.82 Å². The highest BCUT2D eigenvalue weighted by Crippen LogP contribution is 2.22. The molecule has 3 rings (SSSR count). The zero-order chi connectivity index (χ0) is 17.3. The molecule has 0 saturated carbocycles. The fourth-order valence-corrected chi connectivity index (χ4v) is 3.36. The van der Waals surface area contributed by atoms with Crippen LogP contribution in [0.5, 0.6) is 0 Å². The molecule has 0 aliphatic rings. The van der Waals surface area contributed by atoms with Crippen molar-refractivity contribution < 1.29 is 14.1 Å². The highest BCUT2D eigenvalue weighted by Gasteiger charge is 2.17. The van der Waals surface area contributed by atoms with E-state index in [2.05, 4.69) is 10.9 Å². The van der Waals surface area contributed by atoms with Gasteiger partial charge in [-0.05, 0) is 24.3 Å². The summed E-state index contributed by atoms with van der Waals surface area (Å²) in [5.41, 5.74) is 0.791. The average Bonchev–Trinajstić information content (AvgIpc) is 3.13. The number of nitro groups is 1. The minimum absolute atomic E-state index is 0.214. The standard InChI is InChI=1S/C15H8ClN3O4S/c1-2-7-18-10-4-3-9(16)8-12(10)24-15(18)17-14(20)11-5-6-13(23-11)19(21)22/h1,3-6,8H,7H2. The quantitative estimate of drug-likeness (QED) is 0.407. The van der Waals surface area contributed by atoms with E-state index in [1.807, 2.05) is 0 Å². The minimum Gasteiger partial charge on any atom is -0.395 e. The van der Waals surface area contributed by atoms with Crippen molar-refractivity contribution in [3.8, 4) is 12.3 Å². The van der Waals surface area contributed by atoms with Crippen LogP contribution in [-0.4, -0.2) is 15.4 Å². The second kappa shape index (κ2) is 6.31. The first kappa shape index (κ1) is 16.0. The minimum atomic E-state index is -0.730. The number of fused-ring (bicyclic) bond motifs is 1. The third kappa shape index (κ3) is 2.95. The summed E-state index contributed by atoms with van der Waals surface area (Å²) in [6.45, 7) is 0.214. The van der Waals surface area contributed by atoms with E-state index in [1.165, 1.54) is 17.4 Å². The van der Waals surface area contributed by atoms with Gasteiger partial charge in [0.2, 0.25) is 5.76 Å². The molecule has 0 aliphatic heterocycles. The average molecular weight is 362 g/mol. The van der Waals surface area contributed by atoms with Crippen molar-refractivity contribution in [2.45, 2.75) is 6.54 Å². The van der Waals surface area contributed by atoms with Crippen molar-refractivity contribution in [3.05, 3.63) is 56.0 Å². The van der Waals surface area contributed by atoms with Crippen molar-refractivity contribution in [1.29, 1.82) is 0 Å². The Labute approximate surface area is 144 Å². The summed E-state index contributed by atoms with van der Waals surface area (Å²) < 4.78 is 7.36. The first-order valence-electron chi connectivity index (χ1n) is 6.55. The van der Waals surface area contributed by atoms with E-state index in [0.717, 1.165) is 16.3 Å². The molecule has 9 heteroatoms. The number of halogens is 1. The zero-order valence-corrected chi connectivity index (χ0v) is 13.5. The van der Waals surface area contributed by atoms with Crippen molar-refractivity contribution >= 4 is 44.9 Å². The van der Waals surface area contributed by atoms with Crippen LogP contribution in [0, 0.1) is 22.5 Å². The molecule has 0 radical (unpaired) electrons. The van der Waals surface area contributed by atoms with E-state index in [4.69, 9.17) is 22.4 Å². The first-order valence-corrected chi connectivity index (χ1v) is 7.74. The monoisotopic (exact) mass is 361 g/mol. The van der Waals surface area contributed by atoms with Crippen molar-refractivity contribution in [2.24, 2.45) is 4.99 Å². The molecular formula is C15H8ClN3O4S. The number of hydrogen-bond donors (Lipinski definition) is 0. The summed E-state index contributed by atoms with van der Waals surface area (Å²) in [4.78, 5) is 26.4. The molecule has 24 heavy (non-hydrogen) atoms. The van der Waals surface area contributed by atoms with Gasteiger partial charge in [0.15, 0.2) is 4.80 Å².